The Morgan fingerprint density at radius 3 is 2.78 bits per heavy atom. The number of hydrogen-bond donors (Lipinski definition) is 2. The van der Waals surface area contributed by atoms with Crippen molar-refractivity contribution in [2.45, 2.75) is 38.5 Å². The molecule has 1 aliphatic carbocycles. The van der Waals surface area contributed by atoms with Crippen LogP contribution < -0.4 is 10.5 Å². The number of benzene rings is 1. The second-order valence-electron chi connectivity index (χ2n) is 6.66. The SMILES string of the molecule is CCN(Cc1cc(=O)n2c3c(sc2n1)CCC3C(O)O)c1ccc(F)cc1. The molecule has 1 aliphatic rings. The molecule has 0 fully saturated rings. The number of aliphatic hydroxyl groups is 2. The van der Waals surface area contributed by atoms with Gasteiger partial charge in [0.15, 0.2) is 11.3 Å². The molecule has 4 rings (SSSR count). The lowest BCUT2D eigenvalue weighted by Gasteiger charge is -2.22. The Morgan fingerprint density at radius 1 is 1.37 bits per heavy atom. The van der Waals surface area contributed by atoms with Crippen LogP contribution in [-0.2, 0) is 13.0 Å². The fourth-order valence-electron chi connectivity index (χ4n) is 3.66. The van der Waals surface area contributed by atoms with Gasteiger partial charge in [-0.15, -0.1) is 11.3 Å². The van der Waals surface area contributed by atoms with Gasteiger partial charge in [0.05, 0.1) is 18.2 Å². The molecule has 2 N–H and O–H groups in total. The second kappa shape index (κ2) is 7.03. The molecule has 142 valence electrons. The molecule has 2 aromatic heterocycles. The monoisotopic (exact) mass is 389 g/mol. The molecule has 27 heavy (non-hydrogen) atoms. The van der Waals surface area contributed by atoms with E-state index in [0.29, 0.717) is 35.9 Å². The zero-order chi connectivity index (χ0) is 19.1. The van der Waals surface area contributed by atoms with Gasteiger partial charge in [0.2, 0.25) is 0 Å². The van der Waals surface area contributed by atoms with Crippen LogP contribution in [0.3, 0.4) is 0 Å². The quantitative estimate of drug-likeness (QED) is 0.655. The lowest BCUT2D eigenvalue weighted by atomic mass is 10.1. The van der Waals surface area contributed by atoms with Crippen molar-refractivity contribution in [1.29, 1.82) is 0 Å². The van der Waals surface area contributed by atoms with E-state index in [9.17, 15) is 19.4 Å². The summed E-state index contributed by atoms with van der Waals surface area (Å²) in [4.78, 5) is 20.9. The Labute approximate surface area is 159 Å². The Kier molecular flexibility index (Phi) is 4.71. The number of halogens is 1. The summed E-state index contributed by atoms with van der Waals surface area (Å²) in [6.45, 7) is 3.11. The molecule has 0 radical (unpaired) electrons. The highest BCUT2D eigenvalue weighted by Crippen LogP contribution is 2.39. The summed E-state index contributed by atoms with van der Waals surface area (Å²) in [5, 5.41) is 19.2. The van der Waals surface area contributed by atoms with Crippen molar-refractivity contribution in [3.8, 4) is 0 Å². The van der Waals surface area contributed by atoms with Crippen molar-refractivity contribution in [3.05, 3.63) is 62.8 Å². The lowest BCUT2D eigenvalue weighted by Crippen LogP contribution is -2.26. The molecular weight excluding hydrogens is 369 g/mol. The van der Waals surface area contributed by atoms with Gasteiger partial charge in [0, 0.05) is 28.9 Å². The van der Waals surface area contributed by atoms with Crippen molar-refractivity contribution >= 4 is 22.0 Å². The first-order valence-electron chi connectivity index (χ1n) is 8.89. The highest BCUT2D eigenvalue weighted by molar-refractivity contribution is 7.17. The zero-order valence-corrected chi connectivity index (χ0v) is 15.6. The predicted molar refractivity (Wildman–Crippen MR) is 102 cm³/mol. The number of nitrogens with zero attached hydrogens (tertiary/aromatic N) is 3. The van der Waals surface area contributed by atoms with Crippen molar-refractivity contribution in [2.75, 3.05) is 11.4 Å². The Hall–Kier alpha value is -2.29. The molecule has 0 spiro atoms. The molecule has 0 amide bonds. The van der Waals surface area contributed by atoms with Gasteiger partial charge in [0.25, 0.3) is 5.56 Å². The molecule has 3 aromatic rings. The maximum Gasteiger partial charge on any atom is 0.259 e. The van der Waals surface area contributed by atoms with Crippen LogP contribution in [0.1, 0.15) is 35.5 Å². The van der Waals surface area contributed by atoms with Crippen LogP contribution in [0.5, 0.6) is 0 Å². The highest BCUT2D eigenvalue weighted by atomic mass is 32.1. The van der Waals surface area contributed by atoms with E-state index >= 15 is 0 Å². The molecule has 8 heteroatoms. The average Bonchev–Trinajstić information content (AvgIpc) is 3.19. The van der Waals surface area contributed by atoms with E-state index in [1.54, 1.807) is 12.1 Å². The van der Waals surface area contributed by atoms with Gasteiger partial charge in [-0.1, -0.05) is 0 Å². The molecule has 0 aliphatic heterocycles. The molecule has 0 saturated carbocycles. The van der Waals surface area contributed by atoms with Crippen LogP contribution >= 0.6 is 11.3 Å². The lowest BCUT2D eigenvalue weighted by molar-refractivity contribution is -0.0607. The van der Waals surface area contributed by atoms with Crippen LogP contribution in [-0.4, -0.2) is 32.4 Å². The smallest absolute Gasteiger partial charge is 0.259 e. The number of thiazole rings is 1. The molecule has 2 heterocycles. The van der Waals surface area contributed by atoms with Crippen LogP contribution in [0.4, 0.5) is 10.1 Å². The van der Waals surface area contributed by atoms with Gasteiger partial charge in [-0.3, -0.25) is 9.20 Å². The molecule has 1 aromatic carbocycles. The van der Waals surface area contributed by atoms with E-state index < -0.39 is 12.2 Å². The minimum atomic E-state index is -1.48. The maximum absolute atomic E-state index is 13.2. The van der Waals surface area contributed by atoms with Crippen LogP contribution in [0.25, 0.3) is 4.96 Å². The van der Waals surface area contributed by atoms with Crippen LogP contribution in [0.2, 0.25) is 0 Å². The fraction of sp³-hybridized carbons (Fsp3) is 0.368. The molecular formula is C19H20FN3O3S. The number of anilines is 1. The normalized spacial score (nSPS) is 16.3. The number of fused-ring (bicyclic) bond motifs is 3. The minimum absolute atomic E-state index is 0.213. The third-order valence-corrected chi connectivity index (χ3v) is 6.12. The van der Waals surface area contributed by atoms with Crippen molar-refractivity contribution in [3.63, 3.8) is 0 Å². The summed E-state index contributed by atoms with van der Waals surface area (Å²) in [7, 11) is 0. The Balaban J connectivity index is 1.70. The minimum Gasteiger partial charge on any atom is -0.368 e. The van der Waals surface area contributed by atoms with Gasteiger partial charge >= 0.3 is 0 Å². The zero-order valence-electron chi connectivity index (χ0n) is 14.8. The van der Waals surface area contributed by atoms with E-state index in [-0.39, 0.29) is 11.4 Å². The summed E-state index contributed by atoms with van der Waals surface area (Å²) < 4.78 is 14.7. The summed E-state index contributed by atoms with van der Waals surface area (Å²) in [6, 6.07) is 7.72. The summed E-state index contributed by atoms with van der Waals surface area (Å²) in [5.41, 5.74) is 1.96. The largest absolute Gasteiger partial charge is 0.368 e. The van der Waals surface area contributed by atoms with Gasteiger partial charge in [-0.2, -0.15) is 0 Å². The van der Waals surface area contributed by atoms with Gasteiger partial charge in [-0.05, 0) is 44.0 Å². The van der Waals surface area contributed by atoms with E-state index in [1.807, 2.05) is 11.8 Å². The Morgan fingerprint density at radius 2 is 2.11 bits per heavy atom. The number of rotatable bonds is 5. The number of aliphatic hydroxyl groups excluding tert-OH is 1. The van der Waals surface area contributed by atoms with Gasteiger partial charge in [-0.25, -0.2) is 9.37 Å². The van der Waals surface area contributed by atoms with Gasteiger partial charge in [0.1, 0.15) is 5.82 Å². The standard InChI is InChI=1S/C19H20FN3O3S/c1-2-22(13-5-3-11(20)4-6-13)10-12-9-16(24)23-17-14(18(25)26)7-8-15(17)27-19(23)21-12/h3-6,9,14,18,25-26H,2,7-8,10H2,1H3. The first kappa shape index (κ1) is 18.1. The van der Waals surface area contributed by atoms with E-state index in [0.717, 1.165) is 17.0 Å². The molecule has 0 bridgehead atoms. The molecule has 0 saturated heterocycles. The third kappa shape index (κ3) is 3.24. The second-order valence-corrected chi connectivity index (χ2v) is 7.73. The van der Waals surface area contributed by atoms with Crippen molar-refractivity contribution < 1.29 is 14.6 Å². The highest BCUT2D eigenvalue weighted by Gasteiger charge is 2.33. The maximum atomic E-state index is 13.2. The van der Waals surface area contributed by atoms with E-state index in [2.05, 4.69) is 4.98 Å². The van der Waals surface area contributed by atoms with Crippen LogP contribution in [0, 0.1) is 5.82 Å². The number of hydrogen-bond acceptors (Lipinski definition) is 6. The topological polar surface area (TPSA) is 78.1 Å². The first-order chi connectivity index (χ1) is 13.0. The first-order valence-corrected chi connectivity index (χ1v) is 9.70. The molecule has 1 atom stereocenters. The predicted octanol–water partition coefficient (Wildman–Crippen LogP) is 2.26. The summed E-state index contributed by atoms with van der Waals surface area (Å²) in [6.07, 6.45) is -0.140. The van der Waals surface area contributed by atoms with E-state index in [4.69, 9.17) is 0 Å². The van der Waals surface area contributed by atoms with E-state index in [1.165, 1.54) is 33.9 Å². The number of aromatic nitrogens is 2. The van der Waals surface area contributed by atoms with Gasteiger partial charge < -0.3 is 15.1 Å². The van der Waals surface area contributed by atoms with Crippen molar-refractivity contribution in [2.24, 2.45) is 0 Å². The summed E-state index contributed by atoms with van der Waals surface area (Å²) >= 11 is 1.43. The molecule has 1 unspecified atom stereocenters. The fourth-order valence-corrected chi connectivity index (χ4v) is 4.89. The summed E-state index contributed by atoms with van der Waals surface area (Å²) in [5.74, 6) is -0.744. The number of aryl methyl sites for hydroxylation is 1. The average molecular weight is 389 g/mol. The molecule has 6 nitrogen and oxygen atoms in total. The van der Waals surface area contributed by atoms with Crippen molar-refractivity contribution in [1.82, 2.24) is 9.38 Å². The Bertz CT molecular complexity index is 1030. The third-order valence-electron chi connectivity index (χ3n) is 5.00. The van der Waals surface area contributed by atoms with Crippen LogP contribution in [0.15, 0.2) is 35.1 Å².